The van der Waals surface area contributed by atoms with Crippen molar-refractivity contribution in [1.29, 1.82) is 0 Å². The van der Waals surface area contributed by atoms with Crippen LogP contribution in [0.1, 0.15) is 46.0 Å². The van der Waals surface area contributed by atoms with Gasteiger partial charge in [0.2, 0.25) is 11.8 Å². The van der Waals surface area contributed by atoms with Gasteiger partial charge in [-0.3, -0.25) is 14.5 Å². The van der Waals surface area contributed by atoms with Crippen LogP contribution in [0.2, 0.25) is 5.02 Å². The smallest absolute Gasteiger partial charge is 0.284 e. The van der Waals surface area contributed by atoms with Crippen LogP contribution in [0.25, 0.3) is 0 Å². The molecule has 0 radical (unpaired) electrons. The molecule has 1 atom stereocenters. The third-order valence-corrected chi connectivity index (χ3v) is 8.25. The molecule has 0 spiro atoms. The summed E-state index contributed by atoms with van der Waals surface area (Å²) in [7, 11) is -4.04. The second-order valence-electron chi connectivity index (χ2n) is 8.18. The van der Waals surface area contributed by atoms with Crippen molar-refractivity contribution < 1.29 is 22.7 Å². The minimum Gasteiger partial charge on any atom is -0.494 e. The molecular weight excluding hydrogens is 522 g/mol. The molecule has 1 saturated heterocycles. The minimum absolute atomic E-state index is 0.0296. The van der Waals surface area contributed by atoms with Crippen LogP contribution < -0.4 is 10.1 Å². The molecule has 2 aromatic carbocycles. The lowest BCUT2D eigenvalue weighted by Crippen LogP contribution is -2.33. The number of sulfonamides is 1. The number of amidine groups is 1. The lowest BCUT2D eigenvalue weighted by atomic mass is 10.2. The van der Waals surface area contributed by atoms with Crippen LogP contribution in [0, 0.1) is 0 Å². The van der Waals surface area contributed by atoms with Gasteiger partial charge < -0.3 is 10.1 Å². The van der Waals surface area contributed by atoms with Crippen molar-refractivity contribution in [2.24, 2.45) is 4.40 Å². The van der Waals surface area contributed by atoms with Gasteiger partial charge >= 0.3 is 0 Å². The molecule has 1 aliphatic heterocycles. The van der Waals surface area contributed by atoms with Gasteiger partial charge in [-0.15, -0.1) is 4.40 Å². The Balaban J connectivity index is 1.59. The number of amides is 2. The molecule has 3 rings (SSSR count). The number of ether oxygens (including phenoxy) is 1. The van der Waals surface area contributed by atoms with Crippen molar-refractivity contribution in [3.8, 4) is 5.75 Å². The van der Waals surface area contributed by atoms with Crippen molar-refractivity contribution in [1.82, 2.24) is 4.90 Å². The molecule has 1 fully saturated rings. The molecule has 2 aromatic rings. The van der Waals surface area contributed by atoms with Crippen molar-refractivity contribution >= 4 is 56.1 Å². The van der Waals surface area contributed by atoms with E-state index in [4.69, 9.17) is 16.3 Å². The summed E-state index contributed by atoms with van der Waals surface area (Å²) in [5.74, 6) is 0.0221. The lowest BCUT2D eigenvalue weighted by Gasteiger charge is -2.13. The maximum Gasteiger partial charge on any atom is 0.284 e. The molecule has 1 heterocycles. The quantitative estimate of drug-likeness (QED) is 0.357. The Morgan fingerprint density at radius 2 is 1.78 bits per heavy atom. The number of anilines is 1. The second-order valence-corrected chi connectivity index (χ2v) is 11.4. The van der Waals surface area contributed by atoms with E-state index in [0.717, 1.165) is 30.4 Å². The summed E-state index contributed by atoms with van der Waals surface area (Å²) in [6.45, 7) is 4.77. The summed E-state index contributed by atoms with van der Waals surface area (Å²) in [5.41, 5.74) is 0.584. The predicted octanol–water partition coefficient (Wildman–Crippen LogP) is 5.34. The molecular formula is C25H30ClN3O5S2. The largest absolute Gasteiger partial charge is 0.494 e. The highest BCUT2D eigenvalue weighted by Crippen LogP contribution is 2.31. The van der Waals surface area contributed by atoms with Crippen molar-refractivity contribution in [2.75, 3.05) is 18.5 Å². The number of hydrogen-bond acceptors (Lipinski definition) is 6. The molecule has 194 valence electrons. The van der Waals surface area contributed by atoms with Gasteiger partial charge in [-0.1, -0.05) is 49.5 Å². The average molecular weight is 552 g/mol. The predicted molar refractivity (Wildman–Crippen MR) is 144 cm³/mol. The van der Waals surface area contributed by atoms with E-state index in [-0.39, 0.29) is 34.8 Å². The number of nitrogens with zero attached hydrogens (tertiary/aromatic N) is 2. The Labute approximate surface area is 221 Å². The normalized spacial score (nSPS) is 17.0. The zero-order chi connectivity index (χ0) is 26.1. The number of rotatable bonds is 12. The Bertz CT molecular complexity index is 1190. The molecule has 1 N–H and O–H groups in total. The van der Waals surface area contributed by atoms with Gasteiger partial charge in [-0.25, -0.2) is 0 Å². The Morgan fingerprint density at radius 1 is 1.08 bits per heavy atom. The summed E-state index contributed by atoms with van der Waals surface area (Å²) in [6.07, 6.45) is 4.39. The third-order valence-electron chi connectivity index (χ3n) is 5.42. The van der Waals surface area contributed by atoms with Crippen LogP contribution in [-0.2, 0) is 19.6 Å². The van der Waals surface area contributed by atoms with Gasteiger partial charge in [0.15, 0.2) is 5.17 Å². The number of thioether (sulfide) groups is 1. The van der Waals surface area contributed by atoms with Crippen LogP contribution >= 0.6 is 23.4 Å². The summed E-state index contributed by atoms with van der Waals surface area (Å²) < 4.78 is 35.0. The van der Waals surface area contributed by atoms with Gasteiger partial charge in [0.1, 0.15) is 11.0 Å². The third kappa shape index (κ3) is 7.72. The van der Waals surface area contributed by atoms with Crippen LogP contribution in [0.3, 0.4) is 0 Å². The highest BCUT2D eigenvalue weighted by Gasteiger charge is 2.39. The molecule has 8 nitrogen and oxygen atoms in total. The zero-order valence-corrected chi connectivity index (χ0v) is 22.7. The number of unbranched alkanes of at least 4 members (excludes halogenated alkanes) is 3. The van der Waals surface area contributed by atoms with E-state index in [1.165, 1.54) is 42.0 Å². The number of carbonyl (C=O) groups excluding carboxylic acids is 2. The fourth-order valence-electron chi connectivity index (χ4n) is 3.50. The van der Waals surface area contributed by atoms with Crippen LogP contribution in [0.4, 0.5) is 5.69 Å². The standard InChI is InChI=1S/C25H30ClN3O5S2/c1-3-5-6-7-16-34-20-12-10-19(11-13-20)27-23(30)17-22-24(31)29(4-2)25(35-22)28-36(32,33)21-14-8-18(26)9-15-21/h8-15,22H,3-7,16-17H2,1-2H3,(H,27,30). The first-order chi connectivity index (χ1) is 17.2. The molecule has 1 unspecified atom stereocenters. The Morgan fingerprint density at radius 3 is 2.42 bits per heavy atom. The maximum atomic E-state index is 12.8. The summed E-state index contributed by atoms with van der Waals surface area (Å²) in [6, 6.07) is 12.7. The number of nitrogens with one attached hydrogen (secondary N) is 1. The van der Waals surface area contributed by atoms with Gasteiger partial charge in [0.05, 0.1) is 11.5 Å². The fourth-order valence-corrected chi connectivity index (χ4v) is 6.04. The van der Waals surface area contributed by atoms with Crippen LogP contribution in [0.5, 0.6) is 5.75 Å². The molecule has 0 aliphatic carbocycles. The van der Waals surface area contributed by atoms with Crippen molar-refractivity contribution in [2.45, 2.75) is 56.1 Å². The highest BCUT2D eigenvalue weighted by molar-refractivity contribution is 8.16. The molecule has 0 aromatic heterocycles. The monoisotopic (exact) mass is 551 g/mol. The van der Waals surface area contributed by atoms with E-state index in [0.29, 0.717) is 17.3 Å². The first-order valence-electron chi connectivity index (χ1n) is 11.8. The number of carbonyl (C=O) groups is 2. The molecule has 0 saturated carbocycles. The van der Waals surface area contributed by atoms with Gasteiger partial charge in [-0.2, -0.15) is 8.42 Å². The number of benzene rings is 2. The van der Waals surface area contributed by atoms with E-state index in [1.54, 1.807) is 31.2 Å². The average Bonchev–Trinajstić information content (AvgIpc) is 3.13. The van der Waals surface area contributed by atoms with Crippen LogP contribution in [0.15, 0.2) is 57.8 Å². The lowest BCUT2D eigenvalue weighted by molar-refractivity contribution is -0.128. The number of halogens is 1. The molecule has 0 bridgehead atoms. The van der Waals surface area contributed by atoms with Gasteiger partial charge in [0.25, 0.3) is 10.0 Å². The Kier molecular flexibility index (Phi) is 10.2. The summed E-state index contributed by atoms with van der Waals surface area (Å²) >= 11 is 6.81. The van der Waals surface area contributed by atoms with Gasteiger partial charge in [-0.05, 0) is 61.9 Å². The van der Waals surface area contributed by atoms with E-state index < -0.39 is 15.3 Å². The SMILES string of the molecule is CCCCCCOc1ccc(NC(=O)CC2SC(=NS(=O)(=O)c3ccc(Cl)cc3)N(CC)C2=O)cc1. The first kappa shape index (κ1) is 28.0. The summed E-state index contributed by atoms with van der Waals surface area (Å²) in [5, 5.41) is 2.46. The maximum absolute atomic E-state index is 12.8. The van der Waals surface area contributed by atoms with E-state index in [1.807, 2.05) is 0 Å². The fraction of sp³-hybridized carbons (Fsp3) is 0.400. The Hall–Kier alpha value is -2.56. The first-order valence-corrected chi connectivity index (χ1v) is 14.5. The molecule has 2 amide bonds. The second kappa shape index (κ2) is 13.1. The van der Waals surface area contributed by atoms with E-state index >= 15 is 0 Å². The molecule has 1 aliphatic rings. The number of hydrogen-bond donors (Lipinski definition) is 1. The molecule has 11 heteroatoms. The molecule has 36 heavy (non-hydrogen) atoms. The highest BCUT2D eigenvalue weighted by atomic mass is 35.5. The summed E-state index contributed by atoms with van der Waals surface area (Å²) in [4.78, 5) is 26.7. The van der Waals surface area contributed by atoms with E-state index in [2.05, 4.69) is 16.6 Å². The van der Waals surface area contributed by atoms with Gasteiger partial charge in [0, 0.05) is 23.7 Å². The zero-order valence-electron chi connectivity index (χ0n) is 20.3. The minimum atomic E-state index is -4.04. The van der Waals surface area contributed by atoms with Crippen molar-refractivity contribution in [3.05, 3.63) is 53.6 Å². The van der Waals surface area contributed by atoms with E-state index in [9.17, 15) is 18.0 Å². The van der Waals surface area contributed by atoms with Crippen molar-refractivity contribution in [3.63, 3.8) is 0 Å². The van der Waals surface area contributed by atoms with Crippen LogP contribution in [-0.4, -0.2) is 48.7 Å². The topological polar surface area (TPSA) is 105 Å².